The molecule has 0 unspecified atom stereocenters. The Morgan fingerprint density at radius 3 is 2.63 bits per heavy atom. The third kappa shape index (κ3) is 2.72. The smallest absolute Gasteiger partial charge is 0.335 e. The van der Waals surface area contributed by atoms with E-state index in [1.807, 2.05) is 0 Å². The number of hydrogen-bond acceptors (Lipinski definition) is 4. The van der Waals surface area contributed by atoms with E-state index in [0.717, 1.165) is 0 Å². The van der Waals surface area contributed by atoms with E-state index in [1.54, 1.807) is 0 Å². The minimum absolute atomic E-state index is 0.0954. The van der Waals surface area contributed by atoms with E-state index in [9.17, 15) is 19.1 Å². The molecule has 6 nitrogen and oxygen atoms in total. The van der Waals surface area contributed by atoms with Crippen LogP contribution in [0.5, 0.6) is 0 Å². The zero-order valence-electron chi connectivity index (χ0n) is 9.82. The lowest BCUT2D eigenvalue weighted by Gasteiger charge is -2.33. The number of aliphatic hydroxyl groups is 1. The van der Waals surface area contributed by atoms with Crippen molar-refractivity contribution in [1.29, 1.82) is 0 Å². The Labute approximate surface area is 108 Å². The highest BCUT2D eigenvalue weighted by Gasteiger charge is 2.39. The van der Waals surface area contributed by atoms with Crippen molar-refractivity contribution in [3.8, 4) is 0 Å². The number of hydrogen-bond donors (Lipinski definition) is 2. The van der Waals surface area contributed by atoms with Crippen LogP contribution in [0.3, 0.4) is 0 Å². The molecule has 19 heavy (non-hydrogen) atoms. The Morgan fingerprint density at radius 1 is 1.42 bits per heavy atom. The average Bonchev–Trinajstić information content (AvgIpc) is 2.39. The van der Waals surface area contributed by atoms with Crippen LogP contribution in [0.2, 0.25) is 0 Å². The lowest BCUT2D eigenvalue weighted by atomic mass is 10.1. The molecule has 1 fully saturated rings. The van der Waals surface area contributed by atoms with Gasteiger partial charge in [-0.05, 0) is 24.3 Å². The average molecular weight is 269 g/mol. The maximum absolute atomic E-state index is 12.8. The van der Waals surface area contributed by atoms with E-state index in [0.29, 0.717) is 5.69 Å². The molecule has 0 radical (unpaired) electrons. The number of ether oxygens (including phenoxy) is 1. The van der Waals surface area contributed by atoms with Crippen LogP contribution in [-0.4, -0.2) is 47.4 Å². The normalized spacial score (nSPS) is 21.3. The van der Waals surface area contributed by atoms with Gasteiger partial charge in [-0.15, -0.1) is 0 Å². The number of carboxylic acids is 1. The number of aliphatic hydroxyl groups excluding tert-OH is 1. The molecule has 1 aromatic carbocycles. The van der Waals surface area contributed by atoms with Gasteiger partial charge in [-0.2, -0.15) is 0 Å². The number of amides is 1. The summed E-state index contributed by atoms with van der Waals surface area (Å²) in [6, 6.07) is 5.20. The van der Waals surface area contributed by atoms with Gasteiger partial charge in [-0.3, -0.25) is 4.79 Å². The summed E-state index contributed by atoms with van der Waals surface area (Å²) in [7, 11) is 0. The van der Waals surface area contributed by atoms with Crippen LogP contribution in [0.4, 0.5) is 10.1 Å². The third-order valence-corrected chi connectivity index (χ3v) is 2.80. The molecule has 0 aromatic heterocycles. The zero-order valence-corrected chi connectivity index (χ0v) is 9.82. The Kier molecular flexibility index (Phi) is 3.77. The Hall–Kier alpha value is -1.99. The van der Waals surface area contributed by atoms with Gasteiger partial charge in [0.2, 0.25) is 0 Å². The first-order valence-corrected chi connectivity index (χ1v) is 5.60. The number of halogens is 1. The van der Waals surface area contributed by atoms with Gasteiger partial charge in [0.05, 0.1) is 6.61 Å². The summed E-state index contributed by atoms with van der Waals surface area (Å²) >= 11 is 0. The molecule has 0 saturated carbocycles. The third-order valence-electron chi connectivity index (χ3n) is 2.80. The van der Waals surface area contributed by atoms with Gasteiger partial charge in [-0.1, -0.05) is 0 Å². The highest BCUT2D eigenvalue weighted by molar-refractivity contribution is 6.00. The molecule has 7 heteroatoms. The van der Waals surface area contributed by atoms with E-state index < -0.39 is 29.9 Å². The second-order valence-electron chi connectivity index (χ2n) is 4.04. The number of rotatable bonds is 3. The van der Waals surface area contributed by atoms with Crippen LogP contribution < -0.4 is 4.90 Å². The fraction of sp³-hybridized carbons (Fsp3) is 0.333. The molecule has 1 aliphatic heterocycles. The summed E-state index contributed by atoms with van der Waals surface area (Å²) in [5.74, 6) is -2.63. The van der Waals surface area contributed by atoms with Crippen LogP contribution in [0.1, 0.15) is 0 Å². The van der Waals surface area contributed by atoms with E-state index in [2.05, 4.69) is 0 Å². The minimum atomic E-state index is -1.92. The molecular weight excluding hydrogens is 257 g/mol. The SMILES string of the molecule is O=C(O)[C@H](O)[C@H]1OCCN(c2ccc(F)cc2)C1=O. The van der Waals surface area contributed by atoms with E-state index in [4.69, 9.17) is 9.84 Å². The summed E-state index contributed by atoms with van der Waals surface area (Å²) in [5, 5.41) is 18.1. The van der Waals surface area contributed by atoms with E-state index in [1.165, 1.54) is 29.2 Å². The molecule has 0 spiro atoms. The highest BCUT2D eigenvalue weighted by atomic mass is 19.1. The number of carbonyl (C=O) groups excluding carboxylic acids is 1. The second kappa shape index (κ2) is 5.33. The van der Waals surface area contributed by atoms with Crippen molar-refractivity contribution < 1.29 is 28.9 Å². The summed E-state index contributed by atoms with van der Waals surface area (Å²) in [4.78, 5) is 24.0. The number of benzene rings is 1. The predicted octanol–water partition coefficient (Wildman–Crippen LogP) is 0.00300. The molecular formula is C12H12FNO5. The lowest BCUT2D eigenvalue weighted by Crippen LogP contribution is -2.54. The van der Waals surface area contributed by atoms with Crippen molar-refractivity contribution in [3.63, 3.8) is 0 Å². The predicted molar refractivity (Wildman–Crippen MR) is 62.1 cm³/mol. The van der Waals surface area contributed by atoms with Crippen molar-refractivity contribution in [2.24, 2.45) is 0 Å². The first-order valence-electron chi connectivity index (χ1n) is 5.60. The van der Waals surface area contributed by atoms with Crippen LogP contribution in [0.15, 0.2) is 24.3 Å². The largest absolute Gasteiger partial charge is 0.479 e. The van der Waals surface area contributed by atoms with Crippen molar-refractivity contribution in [3.05, 3.63) is 30.1 Å². The fourth-order valence-electron chi connectivity index (χ4n) is 1.84. The Bertz CT molecular complexity index is 489. The number of morpholine rings is 1. The summed E-state index contributed by atoms with van der Waals surface area (Å²) < 4.78 is 17.8. The highest BCUT2D eigenvalue weighted by Crippen LogP contribution is 2.20. The second-order valence-corrected chi connectivity index (χ2v) is 4.04. The molecule has 2 rings (SSSR count). The Morgan fingerprint density at radius 2 is 2.05 bits per heavy atom. The zero-order chi connectivity index (χ0) is 14.0. The van der Waals surface area contributed by atoms with Gasteiger partial charge in [-0.25, -0.2) is 9.18 Å². The van der Waals surface area contributed by atoms with Crippen molar-refractivity contribution in [1.82, 2.24) is 0 Å². The molecule has 2 atom stereocenters. The molecule has 0 bridgehead atoms. The monoisotopic (exact) mass is 269 g/mol. The van der Waals surface area contributed by atoms with Gasteiger partial charge in [0.15, 0.2) is 12.2 Å². The van der Waals surface area contributed by atoms with Crippen molar-refractivity contribution >= 4 is 17.6 Å². The summed E-state index contributed by atoms with van der Waals surface area (Å²) in [6.07, 6.45) is -3.37. The van der Waals surface area contributed by atoms with Crippen LogP contribution in [0.25, 0.3) is 0 Å². The van der Waals surface area contributed by atoms with Crippen LogP contribution in [-0.2, 0) is 14.3 Å². The van der Waals surface area contributed by atoms with Gasteiger partial charge in [0.25, 0.3) is 5.91 Å². The first kappa shape index (κ1) is 13.4. The van der Waals surface area contributed by atoms with E-state index >= 15 is 0 Å². The fourth-order valence-corrected chi connectivity index (χ4v) is 1.84. The molecule has 2 N–H and O–H groups in total. The lowest BCUT2D eigenvalue weighted by molar-refractivity contribution is -0.163. The first-order chi connectivity index (χ1) is 9.00. The summed E-state index contributed by atoms with van der Waals surface area (Å²) in [5.41, 5.74) is 0.428. The quantitative estimate of drug-likeness (QED) is 0.806. The molecule has 1 heterocycles. The van der Waals surface area contributed by atoms with Crippen molar-refractivity contribution in [2.75, 3.05) is 18.1 Å². The number of carboxylic acid groups (broad SMARTS) is 1. The molecule has 1 saturated heterocycles. The molecule has 102 valence electrons. The number of carbonyl (C=O) groups is 2. The van der Waals surface area contributed by atoms with Crippen molar-refractivity contribution in [2.45, 2.75) is 12.2 Å². The van der Waals surface area contributed by atoms with Crippen LogP contribution in [0, 0.1) is 5.82 Å². The number of nitrogens with zero attached hydrogens (tertiary/aromatic N) is 1. The minimum Gasteiger partial charge on any atom is -0.479 e. The maximum Gasteiger partial charge on any atom is 0.335 e. The molecule has 1 aliphatic rings. The van der Waals surface area contributed by atoms with Gasteiger partial charge in [0, 0.05) is 12.2 Å². The van der Waals surface area contributed by atoms with Crippen LogP contribution >= 0.6 is 0 Å². The Balaban J connectivity index is 2.20. The number of aliphatic carboxylic acids is 1. The molecule has 0 aliphatic carbocycles. The maximum atomic E-state index is 12.8. The van der Waals surface area contributed by atoms with Gasteiger partial charge >= 0.3 is 5.97 Å². The summed E-state index contributed by atoms with van der Waals surface area (Å²) in [6.45, 7) is 0.311. The molecule has 1 amide bonds. The topological polar surface area (TPSA) is 87.1 Å². The van der Waals surface area contributed by atoms with E-state index in [-0.39, 0.29) is 13.2 Å². The standard InChI is InChI=1S/C12H12FNO5/c13-7-1-3-8(4-2-7)14-5-6-19-10(11(14)16)9(15)12(17)18/h1-4,9-10,15H,5-6H2,(H,17,18)/t9-,10-/m1/s1. The number of anilines is 1. The van der Waals surface area contributed by atoms with Gasteiger partial charge < -0.3 is 19.8 Å². The molecule has 1 aromatic rings. The van der Waals surface area contributed by atoms with Gasteiger partial charge in [0.1, 0.15) is 5.82 Å².